The average molecular weight is 290 g/mol. The highest BCUT2D eigenvalue weighted by molar-refractivity contribution is 5.77. The van der Waals surface area contributed by atoms with Crippen molar-refractivity contribution in [3.8, 4) is 11.5 Å². The van der Waals surface area contributed by atoms with Gasteiger partial charge in [-0.1, -0.05) is 0 Å². The number of aliphatic hydroxyl groups is 1. The Morgan fingerprint density at radius 3 is 2.15 bits per heavy atom. The summed E-state index contributed by atoms with van der Waals surface area (Å²) in [7, 11) is 2.46. The molecule has 0 heterocycles. The molecule has 7 heteroatoms. The van der Waals surface area contributed by atoms with E-state index in [9.17, 15) is 18.7 Å². The van der Waals surface area contributed by atoms with E-state index in [0.29, 0.717) is 0 Å². The van der Waals surface area contributed by atoms with Crippen molar-refractivity contribution in [3.63, 3.8) is 0 Å². The second-order valence-electron chi connectivity index (χ2n) is 3.79. The maximum absolute atomic E-state index is 12.9. The molecule has 0 aliphatic rings. The Balaban J connectivity index is 3.28. The van der Waals surface area contributed by atoms with Crippen LogP contribution in [0.25, 0.3) is 0 Å². The summed E-state index contributed by atoms with van der Waals surface area (Å²) in [5.74, 6) is -1.07. The van der Waals surface area contributed by atoms with Gasteiger partial charge in [0.2, 0.25) is 0 Å². The van der Waals surface area contributed by atoms with Gasteiger partial charge in [0, 0.05) is 5.56 Å². The van der Waals surface area contributed by atoms with Gasteiger partial charge in [0.25, 0.3) is 6.43 Å². The van der Waals surface area contributed by atoms with E-state index in [-0.39, 0.29) is 29.2 Å². The lowest BCUT2D eigenvalue weighted by molar-refractivity contribution is -0.153. The maximum atomic E-state index is 12.9. The molecular weight excluding hydrogens is 274 g/mol. The summed E-state index contributed by atoms with van der Waals surface area (Å²) in [6.07, 6.45) is -4.40. The lowest BCUT2D eigenvalue weighted by atomic mass is 10.0. The molecule has 0 aromatic heterocycles. The van der Waals surface area contributed by atoms with E-state index in [0.717, 1.165) is 12.1 Å². The van der Waals surface area contributed by atoms with E-state index in [4.69, 9.17) is 9.47 Å². The molecule has 0 saturated carbocycles. The van der Waals surface area contributed by atoms with Crippen LogP contribution in [-0.4, -0.2) is 31.9 Å². The van der Waals surface area contributed by atoms with Gasteiger partial charge in [-0.3, -0.25) is 0 Å². The van der Waals surface area contributed by atoms with E-state index in [2.05, 4.69) is 4.74 Å². The summed E-state index contributed by atoms with van der Waals surface area (Å²) < 4.78 is 40.1. The van der Waals surface area contributed by atoms with E-state index in [1.54, 1.807) is 6.92 Å². The zero-order valence-electron chi connectivity index (χ0n) is 11.4. The smallest absolute Gasteiger partial charge is 0.339 e. The van der Waals surface area contributed by atoms with Crippen molar-refractivity contribution in [1.29, 1.82) is 0 Å². The van der Waals surface area contributed by atoms with Crippen LogP contribution in [0.1, 0.15) is 30.6 Å². The van der Waals surface area contributed by atoms with Crippen LogP contribution in [0, 0.1) is 0 Å². The first kappa shape index (κ1) is 16.2. The minimum Gasteiger partial charge on any atom is -0.496 e. The van der Waals surface area contributed by atoms with Crippen molar-refractivity contribution < 1.29 is 32.9 Å². The molecule has 0 fully saturated rings. The summed E-state index contributed by atoms with van der Waals surface area (Å²) in [5, 5.41) is 9.88. The fourth-order valence-electron chi connectivity index (χ4n) is 1.68. The largest absolute Gasteiger partial charge is 0.496 e. The van der Waals surface area contributed by atoms with Crippen molar-refractivity contribution in [3.05, 3.63) is 23.3 Å². The quantitative estimate of drug-likeness (QED) is 0.814. The van der Waals surface area contributed by atoms with E-state index < -0.39 is 18.5 Å². The molecule has 1 atom stereocenters. The lowest BCUT2D eigenvalue weighted by Crippen LogP contribution is -2.16. The normalized spacial score (nSPS) is 12.2. The van der Waals surface area contributed by atoms with Crippen molar-refractivity contribution in [2.24, 2.45) is 0 Å². The SMILES string of the molecule is CCOC(=O)C(O)c1cc(OC)c(C(F)F)cc1OC. The second-order valence-corrected chi connectivity index (χ2v) is 3.79. The van der Waals surface area contributed by atoms with E-state index in [1.165, 1.54) is 14.2 Å². The van der Waals surface area contributed by atoms with E-state index >= 15 is 0 Å². The molecule has 1 rings (SSSR count). The van der Waals surface area contributed by atoms with Gasteiger partial charge in [-0.2, -0.15) is 0 Å². The Bertz CT molecular complexity index is 476. The molecule has 0 bridgehead atoms. The molecule has 112 valence electrons. The molecule has 20 heavy (non-hydrogen) atoms. The van der Waals surface area contributed by atoms with Gasteiger partial charge >= 0.3 is 5.97 Å². The topological polar surface area (TPSA) is 65.0 Å². The van der Waals surface area contributed by atoms with Crippen LogP contribution < -0.4 is 9.47 Å². The van der Waals surface area contributed by atoms with Crippen LogP contribution in [0.3, 0.4) is 0 Å². The minimum atomic E-state index is -2.77. The van der Waals surface area contributed by atoms with Crippen LogP contribution >= 0.6 is 0 Å². The summed E-state index contributed by atoms with van der Waals surface area (Å²) in [6.45, 7) is 1.67. The molecule has 0 radical (unpaired) electrons. The fraction of sp³-hybridized carbons (Fsp3) is 0.462. The molecule has 0 spiro atoms. The highest BCUT2D eigenvalue weighted by Gasteiger charge is 2.26. The first-order valence-electron chi connectivity index (χ1n) is 5.84. The number of methoxy groups -OCH3 is 2. The van der Waals surface area contributed by atoms with Gasteiger partial charge in [-0.15, -0.1) is 0 Å². The monoisotopic (exact) mass is 290 g/mol. The Hall–Kier alpha value is -1.89. The van der Waals surface area contributed by atoms with Gasteiger partial charge in [-0.25, -0.2) is 13.6 Å². The molecule has 1 aromatic rings. The number of alkyl halides is 2. The van der Waals surface area contributed by atoms with Crippen molar-refractivity contribution in [1.82, 2.24) is 0 Å². The van der Waals surface area contributed by atoms with Gasteiger partial charge in [0.15, 0.2) is 6.10 Å². The van der Waals surface area contributed by atoms with Crippen LogP contribution in [0.4, 0.5) is 8.78 Å². The summed E-state index contributed by atoms with van der Waals surface area (Å²) in [4.78, 5) is 11.5. The number of hydrogen-bond donors (Lipinski definition) is 1. The van der Waals surface area contributed by atoms with E-state index in [1.807, 2.05) is 0 Å². The van der Waals surface area contributed by atoms with Crippen LogP contribution in [0.2, 0.25) is 0 Å². The average Bonchev–Trinajstić information content (AvgIpc) is 2.44. The van der Waals surface area contributed by atoms with Crippen LogP contribution in [0.5, 0.6) is 11.5 Å². The number of rotatable bonds is 6. The molecule has 1 aromatic carbocycles. The zero-order valence-corrected chi connectivity index (χ0v) is 11.4. The molecule has 5 nitrogen and oxygen atoms in total. The van der Waals surface area contributed by atoms with Crippen LogP contribution in [-0.2, 0) is 9.53 Å². The number of esters is 1. The second kappa shape index (κ2) is 7.04. The number of halogens is 2. The molecule has 0 amide bonds. The first-order chi connectivity index (χ1) is 9.46. The number of hydrogen-bond acceptors (Lipinski definition) is 5. The fourth-order valence-corrected chi connectivity index (χ4v) is 1.68. The minimum absolute atomic E-state index is 0.00667. The summed E-state index contributed by atoms with van der Waals surface area (Å²) >= 11 is 0. The zero-order chi connectivity index (χ0) is 15.3. The number of carbonyl (C=O) groups is 1. The molecule has 1 unspecified atom stereocenters. The number of carbonyl (C=O) groups excluding carboxylic acids is 1. The van der Waals surface area contributed by atoms with Crippen LogP contribution in [0.15, 0.2) is 12.1 Å². The van der Waals surface area contributed by atoms with Gasteiger partial charge in [0.05, 0.1) is 26.4 Å². The molecular formula is C13H16F2O5. The Morgan fingerprint density at radius 2 is 1.70 bits per heavy atom. The van der Waals surface area contributed by atoms with Crippen molar-refractivity contribution in [2.45, 2.75) is 19.5 Å². The molecule has 0 saturated heterocycles. The van der Waals surface area contributed by atoms with Gasteiger partial charge < -0.3 is 19.3 Å². The standard InChI is InChI=1S/C13H16F2O5/c1-4-20-13(17)11(16)7-5-10(19-3)8(12(14)15)6-9(7)18-2/h5-6,11-12,16H,4H2,1-3H3. The third-order valence-corrected chi connectivity index (χ3v) is 2.62. The third kappa shape index (κ3) is 3.36. The summed E-state index contributed by atoms with van der Waals surface area (Å²) in [5.41, 5.74) is -0.378. The summed E-state index contributed by atoms with van der Waals surface area (Å²) in [6, 6.07) is 2.17. The predicted octanol–water partition coefficient (Wildman–Crippen LogP) is 2.24. The van der Waals surface area contributed by atoms with Crippen molar-refractivity contribution >= 4 is 5.97 Å². The molecule has 0 aliphatic carbocycles. The van der Waals surface area contributed by atoms with Gasteiger partial charge in [-0.05, 0) is 19.1 Å². The third-order valence-electron chi connectivity index (χ3n) is 2.62. The Morgan fingerprint density at radius 1 is 1.20 bits per heavy atom. The predicted molar refractivity (Wildman–Crippen MR) is 66.1 cm³/mol. The highest BCUT2D eigenvalue weighted by atomic mass is 19.3. The first-order valence-corrected chi connectivity index (χ1v) is 5.84. The maximum Gasteiger partial charge on any atom is 0.339 e. The van der Waals surface area contributed by atoms with Gasteiger partial charge in [0.1, 0.15) is 11.5 Å². The number of aliphatic hydroxyl groups excluding tert-OH is 1. The van der Waals surface area contributed by atoms with Crippen molar-refractivity contribution in [2.75, 3.05) is 20.8 Å². The Labute approximate surface area is 115 Å². The lowest BCUT2D eigenvalue weighted by Gasteiger charge is -2.17. The Kier molecular flexibility index (Phi) is 5.69. The number of ether oxygens (including phenoxy) is 3. The number of benzene rings is 1. The highest BCUT2D eigenvalue weighted by Crippen LogP contribution is 2.37. The molecule has 0 aliphatic heterocycles. The molecule has 1 N–H and O–H groups in total.